The van der Waals surface area contributed by atoms with E-state index in [0.717, 1.165) is 35.3 Å². The van der Waals surface area contributed by atoms with Crippen LogP contribution in [0.1, 0.15) is 32.5 Å². The number of aromatic amines is 1. The fourth-order valence-corrected chi connectivity index (χ4v) is 3.30. The van der Waals surface area contributed by atoms with Crippen LogP contribution < -0.4 is 0 Å². The number of rotatable bonds is 6. The highest BCUT2D eigenvalue weighted by Gasteiger charge is 2.25. The Balaban J connectivity index is 2.54. The molecule has 0 radical (unpaired) electrons. The van der Waals surface area contributed by atoms with Gasteiger partial charge < -0.3 is 0 Å². The number of H-pyrrole nitrogens is 1. The molecule has 1 aromatic heterocycles. The van der Waals surface area contributed by atoms with Crippen LogP contribution in [0.5, 0.6) is 0 Å². The molecule has 0 amide bonds. The van der Waals surface area contributed by atoms with Crippen LogP contribution in [0.15, 0.2) is 5.16 Å². The Morgan fingerprint density at radius 3 is 2.47 bits per heavy atom. The van der Waals surface area contributed by atoms with E-state index in [2.05, 4.69) is 41.7 Å². The Morgan fingerprint density at radius 1 is 1.40 bits per heavy atom. The molecule has 0 saturated carbocycles. The number of thiol groups is 1. The summed E-state index contributed by atoms with van der Waals surface area (Å²) in [5.41, 5.74) is 0.322. The number of hydrogen-bond donors (Lipinski definition) is 2. The molecule has 0 aliphatic rings. The van der Waals surface area contributed by atoms with Crippen LogP contribution >= 0.6 is 24.4 Å². The summed E-state index contributed by atoms with van der Waals surface area (Å²) in [6.07, 6.45) is 2.31. The zero-order chi connectivity index (χ0) is 11.3. The molecule has 1 rings (SSSR count). The molecule has 0 atom stereocenters. The summed E-state index contributed by atoms with van der Waals surface area (Å²) in [6.45, 7) is 6.37. The van der Waals surface area contributed by atoms with E-state index in [1.165, 1.54) is 0 Å². The van der Waals surface area contributed by atoms with Crippen molar-refractivity contribution in [1.29, 1.82) is 0 Å². The first-order valence-electron chi connectivity index (χ1n) is 5.28. The topological polar surface area (TPSA) is 41.6 Å². The molecule has 1 heterocycles. The van der Waals surface area contributed by atoms with Gasteiger partial charge in [0, 0.05) is 5.75 Å². The number of aromatic nitrogens is 3. The summed E-state index contributed by atoms with van der Waals surface area (Å²) in [5.74, 6) is 2.85. The standard InChI is InChI=1S/C10H19N3S2/c1-4-10(5-2,6-14)7-15-9-11-8(3)12-13-9/h14H,4-7H2,1-3H3,(H,11,12,13). The summed E-state index contributed by atoms with van der Waals surface area (Å²) in [6, 6.07) is 0. The van der Waals surface area contributed by atoms with Crippen molar-refractivity contribution < 1.29 is 0 Å². The molecule has 3 nitrogen and oxygen atoms in total. The van der Waals surface area contributed by atoms with Crippen molar-refractivity contribution in [2.75, 3.05) is 11.5 Å². The van der Waals surface area contributed by atoms with Gasteiger partial charge in [-0.05, 0) is 30.9 Å². The maximum atomic E-state index is 4.45. The van der Waals surface area contributed by atoms with Crippen LogP contribution in [0.2, 0.25) is 0 Å². The minimum absolute atomic E-state index is 0.322. The monoisotopic (exact) mass is 245 g/mol. The van der Waals surface area contributed by atoms with Crippen LogP contribution in [0.25, 0.3) is 0 Å². The molecule has 1 N–H and O–H groups in total. The summed E-state index contributed by atoms with van der Waals surface area (Å²) >= 11 is 6.17. The Morgan fingerprint density at radius 2 is 2.07 bits per heavy atom. The molecule has 5 heteroatoms. The summed E-state index contributed by atoms with van der Waals surface area (Å²) in [4.78, 5) is 4.29. The van der Waals surface area contributed by atoms with Gasteiger partial charge in [0.2, 0.25) is 5.16 Å². The SMILES string of the molecule is CCC(CC)(CS)CSc1n[nH]c(C)n1. The van der Waals surface area contributed by atoms with Crippen molar-refractivity contribution >= 4 is 24.4 Å². The number of nitrogens with zero attached hydrogens (tertiary/aromatic N) is 2. The van der Waals surface area contributed by atoms with E-state index in [9.17, 15) is 0 Å². The van der Waals surface area contributed by atoms with Crippen molar-refractivity contribution in [2.24, 2.45) is 5.41 Å². The van der Waals surface area contributed by atoms with E-state index in [1.54, 1.807) is 11.8 Å². The number of nitrogens with one attached hydrogen (secondary N) is 1. The second kappa shape index (κ2) is 5.80. The fraction of sp³-hybridized carbons (Fsp3) is 0.800. The average molecular weight is 245 g/mol. The first-order chi connectivity index (χ1) is 7.15. The van der Waals surface area contributed by atoms with E-state index >= 15 is 0 Å². The van der Waals surface area contributed by atoms with Gasteiger partial charge in [-0.3, -0.25) is 5.10 Å². The number of thioether (sulfide) groups is 1. The van der Waals surface area contributed by atoms with Gasteiger partial charge in [0.05, 0.1) is 0 Å². The molecule has 1 aromatic rings. The van der Waals surface area contributed by atoms with Crippen LogP contribution in [-0.2, 0) is 0 Å². The van der Waals surface area contributed by atoms with Gasteiger partial charge in [-0.15, -0.1) is 5.10 Å². The molecule has 0 spiro atoms. The summed E-state index contributed by atoms with van der Waals surface area (Å²) in [5, 5.41) is 7.83. The van der Waals surface area contributed by atoms with Crippen molar-refractivity contribution in [3.8, 4) is 0 Å². The highest BCUT2D eigenvalue weighted by atomic mass is 32.2. The van der Waals surface area contributed by atoms with E-state index in [1.807, 2.05) is 6.92 Å². The first-order valence-corrected chi connectivity index (χ1v) is 6.90. The highest BCUT2D eigenvalue weighted by molar-refractivity contribution is 7.99. The molecular weight excluding hydrogens is 226 g/mol. The maximum Gasteiger partial charge on any atom is 0.208 e. The summed E-state index contributed by atoms with van der Waals surface area (Å²) in [7, 11) is 0. The molecule has 0 aromatic carbocycles. The average Bonchev–Trinajstić information content (AvgIpc) is 2.67. The maximum absolute atomic E-state index is 4.45. The Bertz CT molecular complexity index is 286. The van der Waals surface area contributed by atoms with Gasteiger partial charge in [0.1, 0.15) is 5.82 Å². The molecule has 0 aliphatic carbocycles. The molecule has 15 heavy (non-hydrogen) atoms. The van der Waals surface area contributed by atoms with Crippen molar-refractivity contribution in [1.82, 2.24) is 15.2 Å². The minimum atomic E-state index is 0.322. The molecule has 0 aliphatic heterocycles. The van der Waals surface area contributed by atoms with Crippen molar-refractivity contribution in [2.45, 2.75) is 38.8 Å². The molecule has 0 fully saturated rings. The molecule has 0 saturated heterocycles. The zero-order valence-corrected chi connectivity index (χ0v) is 11.3. The van der Waals surface area contributed by atoms with Crippen molar-refractivity contribution in [3.05, 3.63) is 5.82 Å². The second-order valence-electron chi connectivity index (χ2n) is 3.86. The smallest absolute Gasteiger partial charge is 0.208 e. The molecular formula is C10H19N3S2. The lowest BCUT2D eigenvalue weighted by Crippen LogP contribution is -2.24. The minimum Gasteiger partial charge on any atom is -0.262 e. The predicted octanol–water partition coefficient (Wildman–Crippen LogP) is 2.94. The Kier molecular flexibility index (Phi) is 4.99. The van der Waals surface area contributed by atoms with Gasteiger partial charge in [-0.2, -0.15) is 12.6 Å². The van der Waals surface area contributed by atoms with Gasteiger partial charge in [-0.1, -0.05) is 25.6 Å². The zero-order valence-electron chi connectivity index (χ0n) is 9.58. The normalized spacial score (nSPS) is 12.0. The largest absolute Gasteiger partial charge is 0.262 e. The first kappa shape index (κ1) is 12.9. The van der Waals surface area contributed by atoms with Gasteiger partial charge in [0.15, 0.2) is 0 Å². The van der Waals surface area contributed by atoms with Crippen LogP contribution in [0, 0.1) is 12.3 Å². The molecule has 0 unspecified atom stereocenters. The van der Waals surface area contributed by atoms with Crippen molar-refractivity contribution in [3.63, 3.8) is 0 Å². The van der Waals surface area contributed by atoms with Gasteiger partial charge >= 0.3 is 0 Å². The quantitative estimate of drug-likeness (QED) is 0.598. The third kappa shape index (κ3) is 3.41. The van der Waals surface area contributed by atoms with E-state index in [-0.39, 0.29) is 0 Å². The third-order valence-corrected chi connectivity index (χ3v) is 4.79. The molecule has 0 bridgehead atoms. The molecule has 86 valence electrons. The number of hydrogen-bond acceptors (Lipinski definition) is 4. The van der Waals surface area contributed by atoms with Gasteiger partial charge in [0.25, 0.3) is 0 Å². The second-order valence-corrected chi connectivity index (χ2v) is 5.12. The lowest BCUT2D eigenvalue weighted by Gasteiger charge is -2.28. The van der Waals surface area contributed by atoms with Crippen LogP contribution in [0.3, 0.4) is 0 Å². The lowest BCUT2D eigenvalue weighted by atomic mass is 9.87. The van der Waals surface area contributed by atoms with E-state index in [4.69, 9.17) is 0 Å². The Labute approximate surface area is 101 Å². The van der Waals surface area contributed by atoms with Gasteiger partial charge in [-0.25, -0.2) is 4.98 Å². The fourth-order valence-electron chi connectivity index (χ4n) is 1.33. The van der Waals surface area contributed by atoms with Crippen LogP contribution in [0.4, 0.5) is 0 Å². The number of aryl methyl sites for hydroxylation is 1. The summed E-state index contributed by atoms with van der Waals surface area (Å²) < 4.78 is 0. The lowest BCUT2D eigenvalue weighted by molar-refractivity contribution is 0.357. The third-order valence-electron chi connectivity index (χ3n) is 2.92. The Hall–Kier alpha value is -0.160. The predicted molar refractivity (Wildman–Crippen MR) is 68.7 cm³/mol. The highest BCUT2D eigenvalue weighted by Crippen LogP contribution is 2.33. The van der Waals surface area contributed by atoms with E-state index in [0.29, 0.717) is 5.41 Å². The van der Waals surface area contributed by atoms with E-state index < -0.39 is 0 Å². The van der Waals surface area contributed by atoms with Crippen LogP contribution in [-0.4, -0.2) is 26.7 Å².